The molecule has 1 saturated heterocycles. The molecule has 0 unspecified atom stereocenters. The summed E-state index contributed by atoms with van der Waals surface area (Å²) in [5, 5.41) is 10.8. The Hall–Kier alpha value is -3.85. The Labute approximate surface area is 213 Å². The number of hydrogen-bond donors (Lipinski definition) is 2. The summed E-state index contributed by atoms with van der Waals surface area (Å²) in [6, 6.07) is 19.7. The summed E-state index contributed by atoms with van der Waals surface area (Å²) < 4.78 is 28.6. The van der Waals surface area contributed by atoms with Gasteiger partial charge in [0.1, 0.15) is 0 Å². The highest BCUT2D eigenvalue weighted by Gasteiger charge is 2.33. The number of benzene rings is 2. The minimum atomic E-state index is -2.53. The van der Waals surface area contributed by atoms with E-state index in [1.54, 1.807) is 16.6 Å². The molecule has 2 aliphatic rings. The van der Waals surface area contributed by atoms with Gasteiger partial charge in [-0.15, -0.1) is 5.10 Å². The van der Waals surface area contributed by atoms with E-state index in [2.05, 4.69) is 20.6 Å². The number of halogens is 2. The van der Waals surface area contributed by atoms with Crippen LogP contribution in [0.2, 0.25) is 0 Å². The first-order chi connectivity index (χ1) is 17.9. The molecule has 37 heavy (non-hydrogen) atoms. The van der Waals surface area contributed by atoms with Gasteiger partial charge in [-0.2, -0.15) is 4.98 Å². The van der Waals surface area contributed by atoms with Crippen molar-refractivity contribution in [2.24, 2.45) is 0 Å². The molecule has 0 radical (unpaired) electrons. The first-order valence-electron chi connectivity index (χ1n) is 12.6. The van der Waals surface area contributed by atoms with Crippen LogP contribution in [-0.4, -0.2) is 50.5 Å². The molecule has 2 aromatic heterocycles. The molecular weight excluding hydrogens is 474 g/mol. The maximum absolute atomic E-state index is 13.4. The van der Waals surface area contributed by atoms with Gasteiger partial charge in [0.25, 0.3) is 11.8 Å². The number of carbonyl (C=O) groups is 1. The molecule has 190 valence electrons. The lowest BCUT2D eigenvalue weighted by atomic mass is 10.0. The van der Waals surface area contributed by atoms with Crippen molar-refractivity contribution in [1.29, 1.82) is 0 Å². The van der Waals surface area contributed by atoms with Crippen LogP contribution < -0.4 is 10.6 Å². The highest BCUT2D eigenvalue weighted by Crippen LogP contribution is 2.29. The van der Waals surface area contributed by atoms with E-state index in [1.165, 1.54) is 0 Å². The molecule has 0 atom stereocenters. The van der Waals surface area contributed by atoms with Gasteiger partial charge in [-0.05, 0) is 60.4 Å². The first-order valence-corrected chi connectivity index (χ1v) is 12.6. The molecule has 6 rings (SSSR count). The maximum atomic E-state index is 13.4. The van der Waals surface area contributed by atoms with Crippen molar-refractivity contribution in [2.45, 2.75) is 44.2 Å². The molecule has 9 heteroatoms. The number of piperidine rings is 1. The van der Waals surface area contributed by atoms with Crippen LogP contribution in [0.4, 0.5) is 20.4 Å². The Morgan fingerprint density at radius 2 is 1.73 bits per heavy atom. The summed E-state index contributed by atoms with van der Waals surface area (Å²) in [6.45, 7) is 1.50. The third-order valence-corrected chi connectivity index (χ3v) is 6.94. The van der Waals surface area contributed by atoms with Crippen molar-refractivity contribution in [3.05, 3.63) is 78.0 Å². The lowest BCUT2D eigenvalue weighted by Gasteiger charge is -2.31. The maximum Gasteiger partial charge on any atom is 0.251 e. The van der Waals surface area contributed by atoms with Crippen molar-refractivity contribution in [1.82, 2.24) is 24.8 Å². The summed E-state index contributed by atoms with van der Waals surface area (Å²) in [6.07, 6.45) is 3.81. The minimum absolute atomic E-state index is 0.0481. The summed E-state index contributed by atoms with van der Waals surface area (Å²) in [7, 11) is 0. The third-order valence-electron chi connectivity index (χ3n) is 6.94. The van der Waals surface area contributed by atoms with Crippen LogP contribution in [0.1, 0.15) is 41.6 Å². The van der Waals surface area contributed by atoms with Gasteiger partial charge in [-0.1, -0.05) is 24.3 Å². The average molecular weight is 503 g/mol. The fraction of sp³-hybridized carbons (Fsp3) is 0.321. The third kappa shape index (κ3) is 5.46. The zero-order chi connectivity index (χ0) is 25.4. The highest BCUT2D eigenvalue weighted by atomic mass is 19.3. The molecule has 0 spiro atoms. The number of hydrogen-bond acceptors (Lipinski definition) is 5. The number of nitrogens with one attached hydrogen (secondary N) is 2. The molecule has 7 nitrogen and oxygen atoms in total. The zero-order valence-electron chi connectivity index (χ0n) is 20.3. The second-order valence-electron chi connectivity index (χ2n) is 9.90. The Kier molecular flexibility index (Phi) is 6.08. The van der Waals surface area contributed by atoms with Gasteiger partial charge < -0.3 is 10.6 Å². The van der Waals surface area contributed by atoms with Crippen molar-refractivity contribution < 1.29 is 13.6 Å². The lowest BCUT2D eigenvalue weighted by molar-refractivity contribution is -0.0566. The number of alkyl halides is 2. The van der Waals surface area contributed by atoms with E-state index in [0.29, 0.717) is 37.2 Å². The van der Waals surface area contributed by atoms with Crippen molar-refractivity contribution >= 4 is 23.2 Å². The molecule has 4 aromatic rings. The second-order valence-corrected chi connectivity index (χ2v) is 9.90. The van der Waals surface area contributed by atoms with Crippen LogP contribution in [0.5, 0.6) is 0 Å². The molecular formula is C28H28F2N6O. The Balaban J connectivity index is 1.15. The van der Waals surface area contributed by atoms with E-state index < -0.39 is 5.92 Å². The summed E-state index contributed by atoms with van der Waals surface area (Å²) in [4.78, 5) is 19.0. The number of carbonyl (C=O) groups excluding carboxylic acids is 1. The van der Waals surface area contributed by atoms with E-state index in [1.807, 2.05) is 54.7 Å². The largest absolute Gasteiger partial charge is 0.349 e. The van der Waals surface area contributed by atoms with Gasteiger partial charge in [-0.3, -0.25) is 9.69 Å². The SMILES string of the molecule is O=C(NC1CC1)c1ccc(Nc2nc3c(-c4ccc(CN5CCC(F)(F)CC5)cc4)cccn3n2)cc1. The molecule has 2 N–H and O–H groups in total. The van der Waals surface area contributed by atoms with Crippen LogP contribution in [0.15, 0.2) is 66.9 Å². The van der Waals surface area contributed by atoms with Gasteiger partial charge in [0.2, 0.25) is 5.95 Å². The number of likely N-dealkylation sites (tertiary alicyclic amines) is 1. The van der Waals surface area contributed by atoms with Crippen LogP contribution in [-0.2, 0) is 6.54 Å². The Morgan fingerprint density at radius 1 is 1.00 bits per heavy atom. The molecule has 1 saturated carbocycles. The molecule has 3 heterocycles. The predicted octanol–water partition coefficient (Wildman–Crippen LogP) is 5.26. The van der Waals surface area contributed by atoms with Crippen LogP contribution in [0, 0.1) is 0 Å². The molecule has 1 aliphatic carbocycles. The first kappa shape index (κ1) is 23.5. The summed E-state index contributed by atoms with van der Waals surface area (Å²) in [5.41, 5.74) is 5.18. The van der Waals surface area contributed by atoms with Crippen molar-refractivity contribution in [3.8, 4) is 11.1 Å². The van der Waals surface area contributed by atoms with E-state index in [0.717, 1.165) is 40.9 Å². The number of aromatic nitrogens is 3. The quantitative estimate of drug-likeness (QED) is 0.361. The Bertz CT molecular complexity index is 1400. The normalized spacial score (nSPS) is 17.6. The topological polar surface area (TPSA) is 74.6 Å². The van der Waals surface area contributed by atoms with Crippen LogP contribution in [0.25, 0.3) is 16.8 Å². The van der Waals surface area contributed by atoms with E-state index >= 15 is 0 Å². The van der Waals surface area contributed by atoms with Crippen LogP contribution >= 0.6 is 0 Å². The summed E-state index contributed by atoms with van der Waals surface area (Å²) in [5.74, 6) is -2.12. The van der Waals surface area contributed by atoms with Gasteiger partial charge in [0.05, 0.1) is 0 Å². The fourth-order valence-electron chi connectivity index (χ4n) is 4.60. The van der Waals surface area contributed by atoms with E-state index in [9.17, 15) is 13.6 Å². The number of pyridine rings is 1. The molecule has 2 aromatic carbocycles. The van der Waals surface area contributed by atoms with Gasteiger partial charge in [-0.25, -0.2) is 13.3 Å². The molecule has 1 amide bonds. The Morgan fingerprint density at radius 3 is 2.43 bits per heavy atom. The second kappa shape index (κ2) is 9.55. The summed E-state index contributed by atoms with van der Waals surface area (Å²) >= 11 is 0. The van der Waals surface area contributed by atoms with Gasteiger partial charge >= 0.3 is 0 Å². The molecule has 0 bridgehead atoms. The number of amides is 1. The van der Waals surface area contributed by atoms with E-state index in [-0.39, 0.29) is 18.7 Å². The minimum Gasteiger partial charge on any atom is -0.349 e. The number of rotatable bonds is 7. The number of nitrogens with zero attached hydrogens (tertiary/aromatic N) is 4. The zero-order valence-corrected chi connectivity index (χ0v) is 20.3. The van der Waals surface area contributed by atoms with Crippen molar-refractivity contribution in [2.75, 3.05) is 18.4 Å². The standard InChI is InChI=1S/C28H28F2N6O/c29-28(30)13-16-35(17-14-28)18-19-3-5-20(6-4-19)24-2-1-15-36-25(24)33-27(34-36)32-23-9-7-21(8-10-23)26(37)31-22-11-12-22/h1-10,15,22H,11-14,16-18H2,(H,31,37)(H,32,34). The number of fused-ring (bicyclic) bond motifs is 1. The fourth-order valence-corrected chi connectivity index (χ4v) is 4.60. The molecule has 1 aliphatic heterocycles. The van der Waals surface area contributed by atoms with Crippen molar-refractivity contribution in [3.63, 3.8) is 0 Å². The number of anilines is 2. The van der Waals surface area contributed by atoms with E-state index in [4.69, 9.17) is 4.98 Å². The predicted molar refractivity (Wildman–Crippen MR) is 138 cm³/mol. The smallest absolute Gasteiger partial charge is 0.251 e. The molecule has 2 fully saturated rings. The van der Waals surface area contributed by atoms with Gasteiger partial charge in [0, 0.05) is 61.5 Å². The monoisotopic (exact) mass is 502 g/mol. The average Bonchev–Trinajstić information content (AvgIpc) is 3.61. The lowest BCUT2D eigenvalue weighted by Crippen LogP contribution is -2.38. The van der Waals surface area contributed by atoms with Crippen LogP contribution in [0.3, 0.4) is 0 Å². The highest BCUT2D eigenvalue weighted by molar-refractivity contribution is 5.95. The van der Waals surface area contributed by atoms with Gasteiger partial charge in [0.15, 0.2) is 5.65 Å².